The molecule has 116 valence electrons. The zero-order chi connectivity index (χ0) is 15.9. The molecule has 1 amide bonds. The number of ether oxygens (including phenoxy) is 2. The molecule has 0 aliphatic carbocycles. The molecule has 22 heavy (non-hydrogen) atoms. The summed E-state index contributed by atoms with van der Waals surface area (Å²) < 4.78 is 24.1. The van der Waals surface area contributed by atoms with Gasteiger partial charge in [0, 0.05) is 16.7 Å². The lowest BCUT2D eigenvalue weighted by Crippen LogP contribution is -2.34. The number of nitrogens with zero attached hydrogens (tertiary/aromatic N) is 2. The number of carbonyl (C=O) groups excluding carboxylic acids is 1. The van der Waals surface area contributed by atoms with Gasteiger partial charge in [-0.05, 0) is 18.2 Å². The first-order valence-electron chi connectivity index (χ1n) is 6.08. The highest BCUT2D eigenvalue weighted by Crippen LogP contribution is 2.21. The molecular formula is C13H12BrFN4O3. The summed E-state index contributed by atoms with van der Waals surface area (Å²) in [6.07, 6.45) is 1.47. The molecule has 0 aliphatic heterocycles. The predicted molar refractivity (Wildman–Crippen MR) is 79.9 cm³/mol. The molecule has 0 radical (unpaired) electrons. The van der Waals surface area contributed by atoms with Crippen molar-refractivity contribution in [1.82, 2.24) is 15.4 Å². The van der Waals surface area contributed by atoms with E-state index in [2.05, 4.69) is 36.7 Å². The second kappa shape index (κ2) is 7.55. The lowest BCUT2D eigenvalue weighted by molar-refractivity contribution is -0.122. The average molecular weight is 371 g/mol. The molecule has 0 spiro atoms. The van der Waals surface area contributed by atoms with Crippen molar-refractivity contribution in [3.63, 3.8) is 0 Å². The van der Waals surface area contributed by atoms with E-state index in [9.17, 15) is 9.18 Å². The molecule has 0 saturated heterocycles. The molecule has 9 heteroatoms. The number of methoxy groups -OCH3 is 1. The zero-order valence-corrected chi connectivity index (χ0v) is 13.1. The average Bonchev–Trinajstić information content (AvgIpc) is 2.52. The smallest absolute Gasteiger partial charge is 0.276 e. The number of halogens is 2. The highest BCUT2D eigenvalue weighted by atomic mass is 79.9. The quantitative estimate of drug-likeness (QED) is 0.755. The van der Waals surface area contributed by atoms with Crippen LogP contribution < -0.4 is 20.3 Å². The van der Waals surface area contributed by atoms with Crippen molar-refractivity contribution < 1.29 is 18.7 Å². The van der Waals surface area contributed by atoms with Gasteiger partial charge >= 0.3 is 0 Å². The highest BCUT2D eigenvalue weighted by Gasteiger charge is 2.08. The summed E-state index contributed by atoms with van der Waals surface area (Å²) in [5.41, 5.74) is 4.82. The minimum atomic E-state index is -0.564. The largest absolute Gasteiger partial charge is 0.481 e. The molecule has 0 aliphatic rings. The second-order valence-electron chi connectivity index (χ2n) is 3.96. The minimum absolute atomic E-state index is 0.0176. The van der Waals surface area contributed by atoms with Crippen LogP contribution in [-0.4, -0.2) is 29.6 Å². The molecule has 0 bridgehead atoms. The second-order valence-corrected chi connectivity index (χ2v) is 4.87. The first kappa shape index (κ1) is 16.0. The Balaban J connectivity index is 1.82. The molecule has 0 saturated carbocycles. The third-order valence-corrected chi connectivity index (χ3v) is 2.90. The molecule has 0 unspecified atom stereocenters. The van der Waals surface area contributed by atoms with Gasteiger partial charge in [-0.2, -0.15) is 4.98 Å². The van der Waals surface area contributed by atoms with Crippen molar-refractivity contribution >= 4 is 27.8 Å². The van der Waals surface area contributed by atoms with E-state index in [1.54, 1.807) is 12.1 Å². The van der Waals surface area contributed by atoms with Crippen LogP contribution in [0.3, 0.4) is 0 Å². The van der Waals surface area contributed by atoms with Gasteiger partial charge in [0.2, 0.25) is 11.8 Å². The first-order chi connectivity index (χ1) is 10.6. The maximum absolute atomic E-state index is 13.5. The van der Waals surface area contributed by atoms with Crippen molar-refractivity contribution in [3.8, 4) is 11.6 Å². The van der Waals surface area contributed by atoms with Gasteiger partial charge in [0.15, 0.2) is 18.2 Å². The van der Waals surface area contributed by atoms with E-state index in [1.165, 1.54) is 25.4 Å². The monoisotopic (exact) mass is 370 g/mol. The Labute approximate surface area is 134 Å². The zero-order valence-electron chi connectivity index (χ0n) is 11.5. The summed E-state index contributed by atoms with van der Waals surface area (Å²) >= 11 is 3.13. The SMILES string of the molecule is COc1ccnc(NNC(=O)COc2ccc(Br)cc2F)n1. The lowest BCUT2D eigenvalue weighted by atomic mass is 10.3. The Bertz CT molecular complexity index is 671. The van der Waals surface area contributed by atoms with Crippen LogP contribution in [0.25, 0.3) is 0 Å². The lowest BCUT2D eigenvalue weighted by Gasteiger charge is -2.09. The fourth-order valence-corrected chi connectivity index (χ4v) is 1.75. The van der Waals surface area contributed by atoms with Gasteiger partial charge in [0.05, 0.1) is 7.11 Å². The van der Waals surface area contributed by atoms with Crippen LogP contribution in [0.15, 0.2) is 34.9 Å². The third kappa shape index (κ3) is 4.55. The Morgan fingerprint density at radius 1 is 1.41 bits per heavy atom. The summed E-state index contributed by atoms with van der Waals surface area (Å²) in [6.45, 7) is -0.366. The number of hydrogen-bond donors (Lipinski definition) is 2. The van der Waals surface area contributed by atoms with E-state index < -0.39 is 11.7 Å². The third-order valence-electron chi connectivity index (χ3n) is 2.41. The summed E-state index contributed by atoms with van der Waals surface area (Å²) in [7, 11) is 1.46. The maximum atomic E-state index is 13.5. The van der Waals surface area contributed by atoms with Crippen molar-refractivity contribution in [3.05, 3.63) is 40.8 Å². The van der Waals surface area contributed by atoms with Crippen LogP contribution in [0.2, 0.25) is 0 Å². The van der Waals surface area contributed by atoms with E-state index in [0.717, 1.165) is 0 Å². The van der Waals surface area contributed by atoms with Crippen LogP contribution in [0.4, 0.5) is 10.3 Å². The van der Waals surface area contributed by atoms with E-state index in [1.807, 2.05) is 0 Å². The van der Waals surface area contributed by atoms with Crippen molar-refractivity contribution in [1.29, 1.82) is 0 Å². The number of hydrogen-bond acceptors (Lipinski definition) is 6. The molecule has 2 N–H and O–H groups in total. The van der Waals surface area contributed by atoms with Crippen LogP contribution in [0.5, 0.6) is 11.6 Å². The number of rotatable bonds is 6. The Morgan fingerprint density at radius 2 is 2.23 bits per heavy atom. The number of amides is 1. The van der Waals surface area contributed by atoms with Crippen molar-refractivity contribution in [2.24, 2.45) is 0 Å². The van der Waals surface area contributed by atoms with Gasteiger partial charge in [-0.3, -0.25) is 15.6 Å². The molecule has 2 rings (SSSR count). The highest BCUT2D eigenvalue weighted by molar-refractivity contribution is 9.10. The molecule has 1 aromatic carbocycles. The fraction of sp³-hybridized carbons (Fsp3) is 0.154. The van der Waals surface area contributed by atoms with E-state index in [-0.39, 0.29) is 18.3 Å². The molecule has 1 aromatic heterocycles. The van der Waals surface area contributed by atoms with Crippen molar-refractivity contribution in [2.75, 3.05) is 19.1 Å². The molecular weight excluding hydrogens is 359 g/mol. The Kier molecular flexibility index (Phi) is 5.48. The van der Waals surface area contributed by atoms with Crippen molar-refractivity contribution in [2.45, 2.75) is 0 Å². The molecule has 0 fully saturated rings. The Hall–Kier alpha value is -2.42. The van der Waals surface area contributed by atoms with E-state index in [4.69, 9.17) is 9.47 Å². The summed E-state index contributed by atoms with van der Waals surface area (Å²) in [4.78, 5) is 19.4. The van der Waals surface area contributed by atoms with Gasteiger partial charge in [-0.1, -0.05) is 15.9 Å². The van der Waals surface area contributed by atoms with Crippen LogP contribution in [0, 0.1) is 5.82 Å². The number of aromatic nitrogens is 2. The maximum Gasteiger partial charge on any atom is 0.276 e. The predicted octanol–water partition coefficient (Wildman–Crippen LogP) is 1.91. The van der Waals surface area contributed by atoms with Gasteiger partial charge < -0.3 is 9.47 Å². The van der Waals surface area contributed by atoms with E-state index in [0.29, 0.717) is 10.4 Å². The summed E-state index contributed by atoms with van der Waals surface area (Å²) in [5.74, 6) is -0.599. The number of carbonyl (C=O) groups is 1. The first-order valence-corrected chi connectivity index (χ1v) is 6.87. The number of nitrogens with one attached hydrogen (secondary N) is 2. The van der Waals surface area contributed by atoms with Crippen LogP contribution in [0.1, 0.15) is 0 Å². The number of hydrazine groups is 1. The molecule has 0 atom stereocenters. The van der Waals surface area contributed by atoms with Crippen LogP contribution in [-0.2, 0) is 4.79 Å². The van der Waals surface area contributed by atoms with Gasteiger partial charge in [0.1, 0.15) is 0 Å². The molecule has 7 nitrogen and oxygen atoms in total. The fourth-order valence-electron chi connectivity index (χ4n) is 1.41. The van der Waals surface area contributed by atoms with Gasteiger partial charge in [-0.15, -0.1) is 0 Å². The minimum Gasteiger partial charge on any atom is -0.481 e. The normalized spacial score (nSPS) is 9.95. The van der Waals surface area contributed by atoms with E-state index >= 15 is 0 Å². The topological polar surface area (TPSA) is 85.4 Å². The van der Waals surface area contributed by atoms with Gasteiger partial charge in [0.25, 0.3) is 5.91 Å². The summed E-state index contributed by atoms with van der Waals surface area (Å²) in [6, 6.07) is 5.84. The standard InChI is InChI=1S/C13H12BrFN4O3/c1-21-12-4-5-16-13(17-12)19-18-11(20)7-22-10-3-2-8(14)6-9(10)15/h2-6H,7H2,1H3,(H,18,20)(H,16,17,19). The van der Waals surface area contributed by atoms with Gasteiger partial charge in [-0.25, -0.2) is 9.37 Å². The number of anilines is 1. The van der Waals surface area contributed by atoms with Crippen LogP contribution >= 0.6 is 15.9 Å². The molecule has 1 heterocycles. The summed E-state index contributed by atoms with van der Waals surface area (Å²) in [5, 5.41) is 0. The number of benzene rings is 1. The Morgan fingerprint density at radius 3 is 2.95 bits per heavy atom. The molecule has 2 aromatic rings.